The van der Waals surface area contributed by atoms with Crippen LogP contribution in [0, 0.1) is 23.2 Å². The zero-order valence-electron chi connectivity index (χ0n) is 13.0. The molecule has 0 radical (unpaired) electrons. The van der Waals surface area contributed by atoms with Gasteiger partial charge in [-0.15, -0.1) is 0 Å². The Balaban J connectivity index is 1.33. The quantitative estimate of drug-likeness (QED) is 0.872. The highest BCUT2D eigenvalue weighted by Crippen LogP contribution is 2.60. The molecule has 0 spiro atoms. The molecule has 4 aliphatic carbocycles. The summed E-state index contributed by atoms with van der Waals surface area (Å²) in [6.45, 7) is 0.581. The van der Waals surface area contributed by atoms with Crippen LogP contribution < -0.4 is 5.32 Å². The van der Waals surface area contributed by atoms with E-state index in [0.717, 1.165) is 42.6 Å². The third kappa shape index (κ3) is 2.61. The minimum Gasteiger partial charge on any atom is -0.388 e. The average molecular weight is 319 g/mol. The molecule has 4 fully saturated rings. The number of thiophene rings is 1. The van der Waals surface area contributed by atoms with Crippen molar-refractivity contribution in [2.24, 2.45) is 23.2 Å². The van der Waals surface area contributed by atoms with Crippen molar-refractivity contribution in [3.8, 4) is 0 Å². The number of aliphatic hydroxyl groups is 1. The highest BCUT2D eigenvalue weighted by molar-refractivity contribution is 7.07. The first-order chi connectivity index (χ1) is 10.6. The van der Waals surface area contributed by atoms with Crippen LogP contribution in [0.4, 0.5) is 0 Å². The van der Waals surface area contributed by atoms with Gasteiger partial charge in [0, 0.05) is 12.0 Å². The number of carbonyl (C=O) groups excluding carboxylic acids is 1. The molecule has 4 bridgehead atoms. The van der Waals surface area contributed by atoms with Gasteiger partial charge in [-0.3, -0.25) is 4.79 Å². The second-order valence-corrected chi connectivity index (χ2v) is 8.59. The number of hydrogen-bond donors (Lipinski definition) is 2. The molecule has 5 rings (SSSR count). The number of carbonyl (C=O) groups is 1. The molecule has 0 unspecified atom stereocenters. The van der Waals surface area contributed by atoms with Crippen LogP contribution in [0.25, 0.3) is 0 Å². The Morgan fingerprint density at radius 1 is 1.27 bits per heavy atom. The fourth-order valence-corrected chi connectivity index (χ4v) is 6.24. The van der Waals surface area contributed by atoms with Crippen LogP contribution in [0.1, 0.15) is 56.6 Å². The van der Waals surface area contributed by atoms with E-state index in [-0.39, 0.29) is 11.3 Å². The molecule has 1 aromatic heterocycles. The van der Waals surface area contributed by atoms with Gasteiger partial charge in [0.25, 0.3) is 0 Å². The van der Waals surface area contributed by atoms with Crippen LogP contribution in [0.5, 0.6) is 0 Å². The molecule has 1 heterocycles. The summed E-state index contributed by atoms with van der Waals surface area (Å²) in [5.41, 5.74) is 0.899. The van der Waals surface area contributed by atoms with Crippen molar-refractivity contribution in [2.75, 3.05) is 6.54 Å². The van der Waals surface area contributed by atoms with Gasteiger partial charge in [0.05, 0.1) is 6.10 Å². The Morgan fingerprint density at radius 3 is 2.45 bits per heavy atom. The topological polar surface area (TPSA) is 49.3 Å². The summed E-state index contributed by atoms with van der Waals surface area (Å²) >= 11 is 1.60. The predicted molar refractivity (Wildman–Crippen MR) is 87.5 cm³/mol. The van der Waals surface area contributed by atoms with E-state index >= 15 is 0 Å². The summed E-state index contributed by atoms with van der Waals surface area (Å²) in [6.07, 6.45) is 7.57. The van der Waals surface area contributed by atoms with Gasteiger partial charge in [-0.2, -0.15) is 11.3 Å². The molecule has 3 nitrogen and oxygen atoms in total. The maximum atomic E-state index is 12.8. The largest absolute Gasteiger partial charge is 0.388 e. The second-order valence-electron chi connectivity index (χ2n) is 7.81. The summed E-state index contributed by atoms with van der Waals surface area (Å²) < 4.78 is 0. The first kappa shape index (κ1) is 14.7. The van der Waals surface area contributed by atoms with E-state index in [1.807, 2.05) is 16.8 Å². The molecule has 0 saturated heterocycles. The fraction of sp³-hybridized carbons (Fsp3) is 0.722. The van der Waals surface area contributed by atoms with E-state index < -0.39 is 6.10 Å². The molecule has 1 aromatic rings. The fourth-order valence-electron chi connectivity index (χ4n) is 5.53. The Labute approximate surface area is 136 Å². The molecule has 2 N–H and O–H groups in total. The zero-order chi connectivity index (χ0) is 15.2. The summed E-state index contributed by atoms with van der Waals surface area (Å²) in [6, 6.07) is 1.95. The van der Waals surface area contributed by atoms with E-state index in [1.165, 1.54) is 19.3 Å². The first-order valence-electron chi connectivity index (χ1n) is 8.63. The van der Waals surface area contributed by atoms with E-state index in [4.69, 9.17) is 0 Å². The minimum atomic E-state index is -0.456. The monoisotopic (exact) mass is 319 g/mol. The van der Waals surface area contributed by atoms with Crippen molar-refractivity contribution in [3.05, 3.63) is 22.4 Å². The Hall–Kier alpha value is -0.870. The van der Waals surface area contributed by atoms with Gasteiger partial charge in [0.15, 0.2) is 0 Å². The maximum absolute atomic E-state index is 12.8. The molecule has 1 amide bonds. The van der Waals surface area contributed by atoms with E-state index in [2.05, 4.69) is 5.32 Å². The van der Waals surface area contributed by atoms with Gasteiger partial charge in [0.1, 0.15) is 0 Å². The number of rotatable bonds is 5. The van der Waals surface area contributed by atoms with Gasteiger partial charge < -0.3 is 10.4 Å². The molecule has 120 valence electrons. The summed E-state index contributed by atoms with van der Waals surface area (Å²) in [5.74, 6) is 2.67. The summed E-state index contributed by atoms with van der Waals surface area (Å²) in [7, 11) is 0. The molecule has 0 aromatic carbocycles. The lowest BCUT2D eigenvalue weighted by atomic mass is 9.49. The van der Waals surface area contributed by atoms with Crippen LogP contribution in [-0.4, -0.2) is 17.6 Å². The molecule has 4 heteroatoms. The highest BCUT2D eigenvalue weighted by atomic mass is 32.1. The Bertz CT molecular complexity index is 504. The molecular weight excluding hydrogens is 294 g/mol. The van der Waals surface area contributed by atoms with Gasteiger partial charge in [0.2, 0.25) is 5.91 Å². The van der Waals surface area contributed by atoms with Crippen LogP contribution in [-0.2, 0) is 4.79 Å². The molecule has 1 atom stereocenters. The minimum absolute atomic E-state index is 0.0674. The van der Waals surface area contributed by atoms with Crippen molar-refractivity contribution < 1.29 is 9.90 Å². The number of amides is 1. The molecule has 0 aliphatic heterocycles. The van der Waals surface area contributed by atoms with Crippen molar-refractivity contribution in [3.63, 3.8) is 0 Å². The maximum Gasteiger partial charge on any atom is 0.226 e. The van der Waals surface area contributed by atoms with Crippen LogP contribution in [0.3, 0.4) is 0 Å². The van der Waals surface area contributed by atoms with Crippen molar-refractivity contribution in [2.45, 2.75) is 51.0 Å². The highest BCUT2D eigenvalue weighted by Gasteiger charge is 2.54. The van der Waals surface area contributed by atoms with Gasteiger partial charge >= 0.3 is 0 Å². The van der Waals surface area contributed by atoms with E-state index in [9.17, 15) is 9.90 Å². The zero-order valence-corrected chi connectivity index (χ0v) is 13.8. The standard InChI is InChI=1S/C18H25NO2S/c20-16(15-2-4-22-11-15)1-3-19-17(21)18-8-12-5-13(9-18)7-14(6-12)10-18/h2,4,11-14,16,20H,1,3,5-10H2,(H,19,21)/t12?,13?,14?,16-,18?/m0/s1. The van der Waals surface area contributed by atoms with Gasteiger partial charge in [-0.1, -0.05) is 0 Å². The van der Waals surface area contributed by atoms with Crippen LogP contribution in [0.2, 0.25) is 0 Å². The summed E-state index contributed by atoms with van der Waals surface area (Å²) in [5, 5.41) is 17.2. The van der Waals surface area contributed by atoms with Gasteiger partial charge in [-0.05, 0) is 85.1 Å². The Kier molecular flexibility index (Phi) is 3.77. The normalized spacial score (nSPS) is 37.2. The predicted octanol–water partition coefficient (Wildman–Crippen LogP) is 3.50. The van der Waals surface area contributed by atoms with Crippen LogP contribution in [0.15, 0.2) is 16.8 Å². The Morgan fingerprint density at radius 2 is 1.91 bits per heavy atom. The third-order valence-electron chi connectivity index (χ3n) is 6.15. The molecule has 4 aliphatic rings. The number of hydrogen-bond acceptors (Lipinski definition) is 3. The van der Waals surface area contributed by atoms with Crippen molar-refractivity contribution >= 4 is 17.2 Å². The van der Waals surface area contributed by atoms with E-state index in [0.29, 0.717) is 13.0 Å². The van der Waals surface area contributed by atoms with Crippen molar-refractivity contribution in [1.29, 1.82) is 0 Å². The molecular formula is C18H25NO2S. The third-order valence-corrected chi connectivity index (χ3v) is 6.85. The smallest absolute Gasteiger partial charge is 0.226 e. The molecule has 4 saturated carbocycles. The van der Waals surface area contributed by atoms with Gasteiger partial charge in [-0.25, -0.2) is 0 Å². The molecule has 22 heavy (non-hydrogen) atoms. The lowest BCUT2D eigenvalue weighted by Crippen LogP contribution is -2.53. The lowest BCUT2D eigenvalue weighted by molar-refractivity contribution is -0.146. The van der Waals surface area contributed by atoms with Crippen molar-refractivity contribution in [1.82, 2.24) is 5.32 Å². The average Bonchev–Trinajstić information content (AvgIpc) is 2.99. The summed E-state index contributed by atoms with van der Waals surface area (Å²) in [4.78, 5) is 12.8. The SMILES string of the molecule is O=C(NCC[C@H](O)c1ccsc1)C12CC3CC(CC(C3)C1)C2. The first-order valence-corrected chi connectivity index (χ1v) is 9.57. The van der Waals surface area contributed by atoms with E-state index in [1.54, 1.807) is 11.3 Å². The lowest BCUT2D eigenvalue weighted by Gasteiger charge is -2.55. The second kappa shape index (κ2) is 5.64. The number of aliphatic hydroxyl groups excluding tert-OH is 1. The van der Waals surface area contributed by atoms with Crippen LogP contribution >= 0.6 is 11.3 Å². The number of nitrogens with one attached hydrogen (secondary N) is 1.